The molecule has 368 valence electrons. The summed E-state index contributed by atoms with van der Waals surface area (Å²) in [5.41, 5.74) is 0.757. The van der Waals surface area contributed by atoms with Crippen LogP contribution in [0.2, 0.25) is 0 Å². The van der Waals surface area contributed by atoms with Gasteiger partial charge in [-0.05, 0) is 40.7 Å². The smallest absolute Gasteiger partial charge is 0.312 e. The van der Waals surface area contributed by atoms with Crippen molar-refractivity contribution < 1.29 is 63.6 Å². The van der Waals surface area contributed by atoms with Crippen LogP contribution in [0.3, 0.4) is 0 Å². The van der Waals surface area contributed by atoms with Crippen LogP contribution >= 0.6 is 0 Å². The van der Waals surface area contributed by atoms with E-state index >= 15 is 0 Å². The molecule has 9 atom stereocenters. The van der Waals surface area contributed by atoms with E-state index in [1.165, 1.54) is 46.3 Å². The number of anilines is 4. The SMILES string of the molecule is CO[C@H]1/C=C/O[C@@]2(C)Oc3c(C)c(O)c4c(O)c(c5c(c4c3C2=O)Nc2c(O)cc(N3CCN(C(C)(C)C)CC3)cc2O5)NC(=O)/C(C)=C/C=C/[C@H](C)[C@H](O)[C@@H](C)[C@@H](O)[C@@H](C)[C@H](OC(C)=O)[C@@H]1C. The molecule has 0 saturated carbocycles. The number of Topliss-reactive ketones (excluding diaryl/α,β-unsaturated/α-hetero) is 1. The van der Waals surface area contributed by atoms with Crippen LogP contribution in [0.4, 0.5) is 22.7 Å². The molecule has 4 aliphatic heterocycles. The molecule has 7 rings (SSSR count). The number of piperazine rings is 1. The minimum absolute atomic E-state index is 0.0195. The van der Waals surface area contributed by atoms with Crippen LogP contribution in [0, 0.1) is 30.6 Å². The minimum atomic E-state index is -2.05. The predicted molar refractivity (Wildman–Crippen MR) is 257 cm³/mol. The number of aliphatic hydroxyl groups is 2. The van der Waals surface area contributed by atoms with Gasteiger partial charge in [-0.2, -0.15) is 0 Å². The number of allylic oxidation sites excluding steroid dienone is 2. The Labute approximate surface area is 396 Å². The average Bonchev–Trinajstić information content (AvgIpc) is 3.56. The molecular weight excluding hydrogens is 877 g/mol. The van der Waals surface area contributed by atoms with E-state index in [1.54, 1.807) is 58.9 Å². The topological polar surface area (TPSA) is 229 Å². The van der Waals surface area contributed by atoms with Crippen LogP contribution in [0.5, 0.6) is 34.5 Å². The molecule has 0 radical (unpaired) electrons. The van der Waals surface area contributed by atoms with Crippen LogP contribution in [-0.2, 0) is 23.8 Å². The molecule has 3 aromatic carbocycles. The fraction of sp³-hybridized carbons (Fsp3) is 0.510. The summed E-state index contributed by atoms with van der Waals surface area (Å²) in [5.74, 6) is -7.79. The van der Waals surface area contributed by atoms with Gasteiger partial charge >= 0.3 is 11.8 Å². The summed E-state index contributed by atoms with van der Waals surface area (Å²) in [6.07, 6.45) is 3.62. The highest BCUT2D eigenvalue weighted by molar-refractivity contribution is 6.25. The number of carbonyl (C=O) groups excluding carboxylic acids is 3. The number of phenolic OH excluding ortho intramolecular Hbond substituents is 3. The van der Waals surface area contributed by atoms with Gasteiger partial charge in [0.25, 0.3) is 11.7 Å². The first-order valence-electron chi connectivity index (χ1n) is 23.1. The van der Waals surface area contributed by atoms with Gasteiger partial charge in [-0.1, -0.05) is 45.9 Å². The molecule has 68 heavy (non-hydrogen) atoms. The van der Waals surface area contributed by atoms with Crippen molar-refractivity contribution in [3.8, 4) is 34.5 Å². The summed E-state index contributed by atoms with van der Waals surface area (Å²) in [4.78, 5) is 45.9. The van der Waals surface area contributed by atoms with Gasteiger partial charge < -0.3 is 64.8 Å². The van der Waals surface area contributed by atoms with E-state index in [0.29, 0.717) is 18.8 Å². The third-order valence-corrected chi connectivity index (χ3v) is 14.1. The first-order valence-corrected chi connectivity index (χ1v) is 23.1. The number of hydrogen-bond acceptors (Lipinski definition) is 16. The number of aromatic hydroxyl groups is 3. The van der Waals surface area contributed by atoms with Gasteiger partial charge in [0.15, 0.2) is 17.2 Å². The molecule has 4 aliphatic rings. The number of hydrogen-bond donors (Lipinski definition) is 7. The van der Waals surface area contributed by atoms with Gasteiger partial charge in [-0.15, -0.1) is 0 Å². The van der Waals surface area contributed by atoms with E-state index in [0.717, 1.165) is 13.1 Å². The number of nitrogens with one attached hydrogen (secondary N) is 2. The zero-order valence-corrected chi connectivity index (χ0v) is 40.9. The molecule has 17 nitrogen and oxygen atoms in total. The number of benzene rings is 3. The molecule has 4 heterocycles. The van der Waals surface area contributed by atoms with E-state index < -0.39 is 83.0 Å². The number of amides is 1. The summed E-state index contributed by atoms with van der Waals surface area (Å²) >= 11 is 0. The van der Waals surface area contributed by atoms with Crippen LogP contribution < -0.4 is 25.0 Å². The first kappa shape index (κ1) is 49.9. The number of methoxy groups -OCH3 is 1. The predicted octanol–water partition coefficient (Wildman–Crippen LogP) is 7.52. The largest absolute Gasteiger partial charge is 0.507 e. The van der Waals surface area contributed by atoms with E-state index in [9.17, 15) is 39.9 Å². The zero-order valence-electron chi connectivity index (χ0n) is 40.9. The Hall–Kier alpha value is -6.01. The third-order valence-electron chi connectivity index (χ3n) is 14.1. The zero-order chi connectivity index (χ0) is 49.9. The van der Waals surface area contributed by atoms with Crippen molar-refractivity contribution in [2.75, 3.05) is 48.8 Å². The average molecular weight is 943 g/mol. The van der Waals surface area contributed by atoms with E-state index in [2.05, 4.69) is 41.2 Å². The lowest BCUT2D eigenvalue weighted by atomic mass is 9.78. The number of aliphatic hydroxyl groups excluding tert-OH is 2. The van der Waals surface area contributed by atoms with Crippen molar-refractivity contribution in [1.29, 1.82) is 0 Å². The highest BCUT2D eigenvalue weighted by Gasteiger charge is 2.50. The summed E-state index contributed by atoms with van der Waals surface area (Å²) < 4.78 is 30.6. The molecule has 1 amide bonds. The summed E-state index contributed by atoms with van der Waals surface area (Å²) in [6, 6.07) is 3.37. The number of ether oxygens (including phenoxy) is 5. The molecule has 17 heteroatoms. The Kier molecular flexibility index (Phi) is 13.8. The Morgan fingerprint density at radius 1 is 0.853 bits per heavy atom. The Balaban J connectivity index is 1.38. The summed E-state index contributed by atoms with van der Waals surface area (Å²) in [7, 11) is 1.45. The van der Waals surface area contributed by atoms with Crippen molar-refractivity contribution in [1.82, 2.24) is 4.90 Å². The third kappa shape index (κ3) is 9.04. The van der Waals surface area contributed by atoms with E-state index in [-0.39, 0.29) is 73.1 Å². The molecule has 7 N–H and O–H groups in total. The van der Waals surface area contributed by atoms with Crippen LogP contribution in [0.15, 0.2) is 48.3 Å². The summed E-state index contributed by atoms with van der Waals surface area (Å²) in [5, 5.41) is 64.7. The maximum absolute atomic E-state index is 14.9. The van der Waals surface area contributed by atoms with Crippen LogP contribution in [0.25, 0.3) is 10.8 Å². The highest BCUT2D eigenvalue weighted by atomic mass is 16.7. The standard InChI is InChI=1S/C51H66N4O13/c1-24-14-13-15-25(2)49(63)53-40-44(61)36-35(39-47(40)67-34-23-31(22-32(57)38(34)52-39)54-17-19-55(20-18-54)50(8,9)10)37-46(29(6)43(36)60)68-51(11,48(37)62)65-21-16-33(64-12)26(3)45(66-30(7)56)28(5)42(59)27(4)41(24)58/h13-16,21-24,26-28,33,41-42,45,52,57-61H,17-20H2,1-12H3,(H,53,63)/b14-13+,21-16+,25-15+/t24-,26+,27+,28+,33-,41-,42+,45+,51-/m0/s1. The van der Waals surface area contributed by atoms with Gasteiger partial charge in [0.2, 0.25) is 0 Å². The molecule has 0 aliphatic carbocycles. The van der Waals surface area contributed by atoms with Gasteiger partial charge in [-0.25, -0.2) is 0 Å². The second kappa shape index (κ2) is 18.8. The van der Waals surface area contributed by atoms with Crippen molar-refractivity contribution in [3.05, 3.63) is 59.4 Å². The fourth-order valence-electron chi connectivity index (χ4n) is 9.78. The van der Waals surface area contributed by atoms with Gasteiger partial charge in [0.1, 0.15) is 34.7 Å². The highest BCUT2D eigenvalue weighted by Crippen LogP contribution is 2.61. The monoisotopic (exact) mass is 942 g/mol. The number of rotatable bonds is 3. The number of fused-ring (bicyclic) bond motifs is 2. The van der Waals surface area contributed by atoms with Crippen LogP contribution in [0.1, 0.15) is 85.2 Å². The number of ketones is 1. The molecule has 0 aromatic heterocycles. The van der Waals surface area contributed by atoms with Crippen molar-refractivity contribution in [2.45, 2.75) is 112 Å². The second-order valence-corrected chi connectivity index (χ2v) is 19.8. The summed E-state index contributed by atoms with van der Waals surface area (Å²) in [6.45, 7) is 22.1. The molecular formula is C51H66N4O13. The van der Waals surface area contributed by atoms with E-state index in [1.807, 2.05) is 0 Å². The van der Waals surface area contributed by atoms with Crippen molar-refractivity contribution in [2.24, 2.45) is 23.7 Å². The Morgan fingerprint density at radius 3 is 2.16 bits per heavy atom. The maximum atomic E-state index is 14.9. The van der Waals surface area contributed by atoms with Crippen molar-refractivity contribution >= 4 is 51.2 Å². The number of esters is 1. The van der Waals surface area contributed by atoms with E-state index in [4.69, 9.17) is 23.7 Å². The quantitative estimate of drug-likeness (QED) is 0.0598. The second-order valence-electron chi connectivity index (χ2n) is 19.8. The lowest BCUT2D eigenvalue weighted by Gasteiger charge is -2.43. The number of nitrogens with zero attached hydrogens (tertiary/aromatic N) is 2. The molecule has 4 bridgehead atoms. The molecule has 3 aromatic rings. The normalized spacial score (nSPS) is 29.9. The Morgan fingerprint density at radius 2 is 1.53 bits per heavy atom. The van der Waals surface area contributed by atoms with Crippen LogP contribution in [-0.4, -0.2) is 117 Å². The van der Waals surface area contributed by atoms with Gasteiger partial charge in [0.05, 0.1) is 41.2 Å². The lowest BCUT2D eigenvalue weighted by Crippen LogP contribution is -2.53. The molecule has 0 spiro atoms. The number of phenols is 3. The van der Waals surface area contributed by atoms with Gasteiger partial charge in [-0.3, -0.25) is 19.3 Å². The number of carbonyl (C=O) groups is 3. The van der Waals surface area contributed by atoms with Crippen molar-refractivity contribution in [3.63, 3.8) is 0 Å². The van der Waals surface area contributed by atoms with Gasteiger partial charge in [0, 0.05) is 111 Å². The Bertz CT molecular complexity index is 2590. The molecule has 1 saturated heterocycles. The fourth-order valence-corrected chi connectivity index (χ4v) is 9.78. The molecule has 0 unspecified atom stereocenters. The molecule has 1 fully saturated rings. The minimum Gasteiger partial charge on any atom is -0.507 e. The first-order chi connectivity index (χ1) is 31.9. The lowest BCUT2D eigenvalue weighted by molar-refractivity contribution is -0.160. The maximum Gasteiger partial charge on any atom is 0.312 e.